The van der Waals surface area contributed by atoms with Crippen molar-refractivity contribution in [1.29, 1.82) is 0 Å². The zero-order valence-corrected chi connectivity index (χ0v) is 16.2. The van der Waals surface area contributed by atoms with E-state index in [4.69, 9.17) is 20.4 Å². The molecule has 0 aliphatic carbocycles. The first-order valence-corrected chi connectivity index (χ1v) is 8.24. The first-order valence-electron chi connectivity index (χ1n) is 8.24. The molecule has 0 aliphatic heterocycles. The largest absolute Gasteiger partial charge is 0.479 e. The Balaban J connectivity index is 0.000000420. The number of carbonyl (C=O) groups is 4. The van der Waals surface area contributed by atoms with Gasteiger partial charge >= 0.3 is 23.9 Å². The molecule has 2 unspecified atom stereocenters. The monoisotopic (exact) mass is 422 g/mol. The van der Waals surface area contributed by atoms with E-state index in [9.17, 15) is 19.2 Å². The van der Waals surface area contributed by atoms with E-state index in [-0.39, 0.29) is 11.9 Å². The normalized spacial score (nSPS) is 11.2. The number of aliphatic carboxylic acids is 2. The maximum Gasteiger partial charge on any atom is 0.337 e. The van der Waals surface area contributed by atoms with Gasteiger partial charge in [-0.2, -0.15) is 0 Å². The minimum atomic E-state index is -2.27. The molecule has 0 spiro atoms. The second-order valence-corrected chi connectivity index (χ2v) is 5.28. The minimum Gasteiger partial charge on any atom is -0.479 e. The lowest BCUT2D eigenvalue weighted by Gasteiger charge is -2.07. The van der Waals surface area contributed by atoms with Crippen LogP contribution in [0.1, 0.15) is 20.7 Å². The summed E-state index contributed by atoms with van der Waals surface area (Å²) in [6.45, 7) is 0. The van der Waals surface area contributed by atoms with Gasteiger partial charge in [-0.25, -0.2) is 19.2 Å². The Hall–Kier alpha value is -3.76. The molecule has 2 aromatic carbocycles. The molecule has 0 saturated carbocycles. The first-order chi connectivity index (χ1) is 14.1. The van der Waals surface area contributed by atoms with Gasteiger partial charge in [-0.3, -0.25) is 0 Å². The molecule has 30 heavy (non-hydrogen) atoms. The summed E-state index contributed by atoms with van der Waals surface area (Å²) in [5, 5.41) is 32.5. The number of carboxylic acid groups (broad SMARTS) is 2. The molecule has 10 nitrogen and oxygen atoms in total. The van der Waals surface area contributed by atoms with E-state index in [2.05, 4.69) is 9.47 Å². The van der Waals surface area contributed by atoms with Crippen LogP contribution in [-0.4, -0.2) is 70.7 Å². The van der Waals surface area contributed by atoms with Gasteiger partial charge in [0, 0.05) is 0 Å². The molecule has 0 radical (unpaired) electrons. The smallest absolute Gasteiger partial charge is 0.337 e. The highest BCUT2D eigenvalue weighted by Crippen LogP contribution is 1.99. The molecule has 2 atom stereocenters. The van der Waals surface area contributed by atoms with Gasteiger partial charge in [0.2, 0.25) is 0 Å². The summed E-state index contributed by atoms with van der Waals surface area (Å²) >= 11 is 0. The van der Waals surface area contributed by atoms with Crippen LogP contribution in [-0.2, 0) is 19.1 Å². The van der Waals surface area contributed by atoms with Crippen LogP contribution in [0.25, 0.3) is 0 Å². The van der Waals surface area contributed by atoms with Gasteiger partial charge in [0.1, 0.15) is 0 Å². The average molecular weight is 422 g/mol. The number of aliphatic hydroxyl groups is 2. The van der Waals surface area contributed by atoms with Gasteiger partial charge in [-0.05, 0) is 24.3 Å². The number of carboxylic acids is 2. The number of aliphatic hydroxyl groups excluding tert-OH is 2. The number of hydrogen-bond donors (Lipinski definition) is 4. The fourth-order valence-corrected chi connectivity index (χ4v) is 1.65. The van der Waals surface area contributed by atoms with E-state index in [1.165, 1.54) is 14.2 Å². The Morgan fingerprint density at radius 2 is 0.900 bits per heavy atom. The van der Waals surface area contributed by atoms with E-state index in [0.717, 1.165) is 0 Å². The number of carbonyl (C=O) groups excluding carboxylic acids is 2. The van der Waals surface area contributed by atoms with Crippen molar-refractivity contribution in [2.75, 3.05) is 14.2 Å². The number of hydrogen-bond acceptors (Lipinski definition) is 8. The van der Waals surface area contributed by atoms with Crippen molar-refractivity contribution >= 4 is 23.9 Å². The molecule has 0 bridgehead atoms. The highest BCUT2D eigenvalue weighted by molar-refractivity contribution is 5.89. The van der Waals surface area contributed by atoms with Gasteiger partial charge in [-0.15, -0.1) is 0 Å². The third-order valence-electron chi connectivity index (χ3n) is 3.19. The number of esters is 2. The zero-order valence-electron chi connectivity index (χ0n) is 16.2. The molecular weight excluding hydrogens is 400 g/mol. The molecule has 0 fully saturated rings. The van der Waals surface area contributed by atoms with E-state index < -0.39 is 24.1 Å². The van der Waals surface area contributed by atoms with Gasteiger partial charge < -0.3 is 29.9 Å². The molecule has 162 valence electrons. The van der Waals surface area contributed by atoms with Crippen LogP contribution >= 0.6 is 0 Å². The summed E-state index contributed by atoms with van der Waals surface area (Å²) in [5.74, 6) is -4.12. The lowest BCUT2D eigenvalue weighted by atomic mass is 10.2. The SMILES string of the molecule is COC(=O)c1ccccc1.COC(=O)c1ccccc1.O=C(O)C(O)C(O)C(=O)O. The number of methoxy groups -OCH3 is 2. The Morgan fingerprint density at radius 3 is 1.10 bits per heavy atom. The molecule has 0 aromatic heterocycles. The predicted molar refractivity (Wildman–Crippen MR) is 103 cm³/mol. The maximum atomic E-state index is 10.8. The fourth-order valence-electron chi connectivity index (χ4n) is 1.65. The van der Waals surface area contributed by atoms with Gasteiger partial charge in [0.15, 0.2) is 12.2 Å². The lowest BCUT2D eigenvalue weighted by Crippen LogP contribution is -2.39. The van der Waals surface area contributed by atoms with Crippen LogP contribution in [0.2, 0.25) is 0 Å². The van der Waals surface area contributed by atoms with Gasteiger partial charge in [0.05, 0.1) is 25.3 Å². The predicted octanol–water partition coefficient (Wildman–Crippen LogP) is 0.824. The van der Waals surface area contributed by atoms with Crippen LogP contribution in [0.3, 0.4) is 0 Å². The summed E-state index contributed by atoms with van der Waals surface area (Å²) in [6.07, 6.45) is -4.53. The second-order valence-electron chi connectivity index (χ2n) is 5.28. The van der Waals surface area contributed by atoms with E-state index in [1.54, 1.807) is 48.5 Å². The number of ether oxygens (including phenoxy) is 2. The Labute approximate surface area is 171 Å². The van der Waals surface area contributed by atoms with Crippen LogP contribution in [0, 0.1) is 0 Å². The quantitative estimate of drug-likeness (QED) is 0.506. The zero-order chi connectivity index (χ0) is 23.1. The van der Waals surface area contributed by atoms with Crippen molar-refractivity contribution in [1.82, 2.24) is 0 Å². The lowest BCUT2D eigenvalue weighted by molar-refractivity contribution is -0.165. The average Bonchev–Trinajstić information content (AvgIpc) is 2.78. The third kappa shape index (κ3) is 9.97. The van der Waals surface area contributed by atoms with Gasteiger partial charge in [-0.1, -0.05) is 36.4 Å². The Kier molecular flexibility index (Phi) is 12.5. The summed E-state index contributed by atoms with van der Waals surface area (Å²) in [7, 11) is 2.74. The molecule has 0 saturated heterocycles. The molecule has 10 heteroatoms. The van der Waals surface area contributed by atoms with Crippen molar-refractivity contribution in [2.45, 2.75) is 12.2 Å². The molecule has 2 aromatic rings. The number of rotatable bonds is 5. The van der Waals surface area contributed by atoms with Crippen LogP contribution in [0.4, 0.5) is 0 Å². The topological polar surface area (TPSA) is 168 Å². The summed E-state index contributed by atoms with van der Waals surface area (Å²) in [6, 6.07) is 17.8. The van der Waals surface area contributed by atoms with E-state index in [0.29, 0.717) is 11.1 Å². The molecular formula is C20H22O10. The van der Waals surface area contributed by atoms with Crippen LogP contribution < -0.4 is 0 Å². The van der Waals surface area contributed by atoms with Crippen molar-refractivity contribution in [2.24, 2.45) is 0 Å². The summed E-state index contributed by atoms with van der Waals surface area (Å²) < 4.78 is 8.99. The summed E-state index contributed by atoms with van der Waals surface area (Å²) in [5.41, 5.74) is 1.18. The Bertz CT molecular complexity index is 735. The highest BCUT2D eigenvalue weighted by Gasteiger charge is 2.29. The first kappa shape index (κ1) is 26.2. The molecule has 2 rings (SSSR count). The van der Waals surface area contributed by atoms with Crippen LogP contribution in [0.15, 0.2) is 60.7 Å². The molecule has 0 amide bonds. The minimum absolute atomic E-state index is 0.291. The van der Waals surface area contributed by atoms with Crippen molar-refractivity contribution < 1.29 is 49.1 Å². The maximum absolute atomic E-state index is 10.8. The molecule has 4 N–H and O–H groups in total. The molecule has 0 heterocycles. The highest BCUT2D eigenvalue weighted by atomic mass is 16.5. The molecule has 0 aliphatic rings. The fraction of sp³-hybridized carbons (Fsp3) is 0.200. The van der Waals surface area contributed by atoms with Crippen molar-refractivity contribution in [3.63, 3.8) is 0 Å². The third-order valence-corrected chi connectivity index (χ3v) is 3.19. The van der Waals surface area contributed by atoms with Crippen molar-refractivity contribution in [3.05, 3.63) is 71.8 Å². The van der Waals surface area contributed by atoms with Gasteiger partial charge in [0.25, 0.3) is 0 Å². The Morgan fingerprint density at radius 1 is 0.633 bits per heavy atom. The van der Waals surface area contributed by atoms with Crippen molar-refractivity contribution in [3.8, 4) is 0 Å². The van der Waals surface area contributed by atoms with E-state index >= 15 is 0 Å². The standard InChI is InChI=1S/2C8H8O2.C4H6O6/c2*1-10-8(9)7-5-3-2-4-6-7;5-1(3(7)8)2(6)4(9)10/h2*2-6H,1H3;1-2,5-6H,(H,7,8)(H,9,10). The number of benzene rings is 2. The van der Waals surface area contributed by atoms with Crippen LogP contribution in [0.5, 0.6) is 0 Å². The summed E-state index contributed by atoms with van der Waals surface area (Å²) in [4.78, 5) is 41.1. The van der Waals surface area contributed by atoms with E-state index in [1.807, 2.05) is 12.1 Å². The second kappa shape index (κ2) is 14.3.